The van der Waals surface area contributed by atoms with Crippen LogP contribution in [0.5, 0.6) is 5.75 Å². The number of methoxy groups -OCH3 is 1. The molecule has 0 aliphatic heterocycles. The number of ether oxygens (including phenoxy) is 1. The molecule has 2 aromatic carbocycles. The molecule has 0 saturated heterocycles. The van der Waals surface area contributed by atoms with Gasteiger partial charge in [-0.2, -0.15) is 0 Å². The van der Waals surface area contributed by atoms with Gasteiger partial charge in [0.1, 0.15) is 18.1 Å². The smallest absolute Gasteiger partial charge is 0.258 e. The molecular weight excluding hydrogens is 368 g/mol. The highest BCUT2D eigenvalue weighted by Crippen LogP contribution is 2.17. The Morgan fingerprint density at radius 2 is 1.76 bits per heavy atom. The van der Waals surface area contributed by atoms with Crippen molar-refractivity contribution in [2.24, 2.45) is 0 Å². The summed E-state index contributed by atoms with van der Waals surface area (Å²) >= 11 is 0. The minimum Gasteiger partial charge on any atom is -0.497 e. The zero-order valence-corrected chi connectivity index (χ0v) is 16.8. The molecule has 2 amide bonds. The summed E-state index contributed by atoms with van der Waals surface area (Å²) in [5.74, 6) is 1.03. The van der Waals surface area contributed by atoms with E-state index in [1.807, 2.05) is 41.0 Å². The van der Waals surface area contributed by atoms with E-state index in [0.29, 0.717) is 0 Å². The number of aromatic nitrogens is 2. The fourth-order valence-corrected chi connectivity index (χ4v) is 3.12. The van der Waals surface area contributed by atoms with Gasteiger partial charge in [0.2, 0.25) is 5.91 Å². The second-order valence-electron chi connectivity index (χ2n) is 6.83. The molecule has 0 spiro atoms. The van der Waals surface area contributed by atoms with E-state index in [1.165, 1.54) is 0 Å². The zero-order valence-electron chi connectivity index (χ0n) is 16.8. The molecule has 0 unspecified atom stereocenters. The van der Waals surface area contributed by atoms with Gasteiger partial charge in [-0.05, 0) is 36.2 Å². The van der Waals surface area contributed by atoms with Crippen molar-refractivity contribution in [3.63, 3.8) is 0 Å². The first-order chi connectivity index (χ1) is 14.1. The Morgan fingerprint density at radius 1 is 1.03 bits per heavy atom. The summed E-state index contributed by atoms with van der Waals surface area (Å²) in [4.78, 5) is 29.2. The van der Waals surface area contributed by atoms with Crippen LogP contribution in [-0.4, -0.2) is 28.5 Å². The predicted molar refractivity (Wildman–Crippen MR) is 111 cm³/mol. The molecule has 3 aromatic rings. The van der Waals surface area contributed by atoms with Crippen LogP contribution < -0.4 is 15.6 Å². The van der Waals surface area contributed by atoms with Gasteiger partial charge in [0.15, 0.2) is 0 Å². The van der Waals surface area contributed by atoms with Crippen LogP contribution in [0.4, 0.5) is 0 Å². The third kappa shape index (κ3) is 5.34. The number of benzene rings is 2. The highest BCUT2D eigenvalue weighted by molar-refractivity contribution is 5.84. The lowest BCUT2D eigenvalue weighted by molar-refractivity contribution is -0.128. The van der Waals surface area contributed by atoms with E-state index in [-0.39, 0.29) is 24.8 Å². The Kier molecular flexibility index (Phi) is 6.84. The number of fused-ring (bicyclic) bond motifs is 1. The van der Waals surface area contributed by atoms with Gasteiger partial charge >= 0.3 is 0 Å². The molecule has 0 radical (unpaired) electrons. The van der Waals surface area contributed by atoms with Crippen molar-refractivity contribution in [1.29, 1.82) is 0 Å². The van der Waals surface area contributed by atoms with E-state index in [9.17, 15) is 9.59 Å². The number of amides is 2. The molecule has 0 aliphatic rings. The van der Waals surface area contributed by atoms with E-state index < -0.39 is 0 Å². The number of imidazole rings is 1. The summed E-state index contributed by atoms with van der Waals surface area (Å²) in [6.07, 6.45) is 3.03. The van der Waals surface area contributed by atoms with E-state index in [4.69, 9.17) is 4.74 Å². The van der Waals surface area contributed by atoms with Crippen molar-refractivity contribution >= 4 is 22.8 Å². The molecule has 3 rings (SSSR count). The van der Waals surface area contributed by atoms with Gasteiger partial charge in [-0.1, -0.05) is 37.6 Å². The minimum absolute atomic E-state index is 0.0996. The number of nitrogens with one attached hydrogen (secondary N) is 2. The molecule has 0 bridgehead atoms. The summed E-state index contributed by atoms with van der Waals surface area (Å²) in [5.41, 5.74) is 7.60. The standard InChI is InChI=1S/C22H26N4O3/c1-3-4-9-20-23-18-7-5-6-8-19(18)26(20)15-22(28)25-24-21(27)14-16-10-12-17(29-2)13-11-16/h5-8,10-13H,3-4,9,14-15H2,1-2H3,(H,24,27)(H,25,28). The maximum Gasteiger partial charge on any atom is 0.258 e. The SMILES string of the molecule is CCCCc1nc2ccccc2n1CC(=O)NNC(=O)Cc1ccc(OC)cc1. The van der Waals surface area contributed by atoms with Crippen molar-refractivity contribution in [3.05, 3.63) is 59.9 Å². The third-order valence-electron chi connectivity index (χ3n) is 4.65. The Hall–Kier alpha value is -3.35. The van der Waals surface area contributed by atoms with Gasteiger partial charge in [-0.3, -0.25) is 20.4 Å². The number of carbonyl (C=O) groups excluding carboxylic acids is 2. The first-order valence-corrected chi connectivity index (χ1v) is 9.75. The number of aryl methyl sites for hydroxylation is 1. The first-order valence-electron chi connectivity index (χ1n) is 9.75. The van der Waals surface area contributed by atoms with Crippen LogP contribution >= 0.6 is 0 Å². The lowest BCUT2D eigenvalue weighted by Gasteiger charge is -2.11. The summed E-state index contributed by atoms with van der Waals surface area (Å²) < 4.78 is 7.02. The highest BCUT2D eigenvalue weighted by atomic mass is 16.5. The Balaban J connectivity index is 1.59. The summed E-state index contributed by atoms with van der Waals surface area (Å²) in [6, 6.07) is 15.0. The quantitative estimate of drug-likeness (QED) is 0.576. The van der Waals surface area contributed by atoms with Crippen LogP contribution in [0.25, 0.3) is 11.0 Å². The number of para-hydroxylation sites is 2. The van der Waals surface area contributed by atoms with E-state index >= 15 is 0 Å². The summed E-state index contributed by atoms with van der Waals surface area (Å²) in [5, 5.41) is 0. The monoisotopic (exact) mass is 394 g/mol. The van der Waals surface area contributed by atoms with Gasteiger partial charge in [0.25, 0.3) is 5.91 Å². The fourth-order valence-electron chi connectivity index (χ4n) is 3.12. The van der Waals surface area contributed by atoms with E-state index in [1.54, 1.807) is 19.2 Å². The average Bonchev–Trinajstić information content (AvgIpc) is 3.08. The average molecular weight is 394 g/mol. The predicted octanol–water partition coefficient (Wildman–Crippen LogP) is 2.78. The van der Waals surface area contributed by atoms with Crippen LogP contribution in [0.2, 0.25) is 0 Å². The molecule has 0 atom stereocenters. The molecule has 2 N–H and O–H groups in total. The fraction of sp³-hybridized carbons (Fsp3) is 0.318. The van der Waals surface area contributed by atoms with E-state index in [0.717, 1.165) is 47.4 Å². The second kappa shape index (κ2) is 9.73. The maximum absolute atomic E-state index is 12.4. The van der Waals surface area contributed by atoms with Crippen LogP contribution in [0.3, 0.4) is 0 Å². The molecule has 7 heteroatoms. The molecule has 152 valence electrons. The highest BCUT2D eigenvalue weighted by Gasteiger charge is 2.14. The Labute approximate surface area is 170 Å². The van der Waals surface area contributed by atoms with E-state index in [2.05, 4.69) is 22.8 Å². The second-order valence-corrected chi connectivity index (χ2v) is 6.83. The van der Waals surface area contributed by atoms with Crippen LogP contribution in [0.15, 0.2) is 48.5 Å². The van der Waals surface area contributed by atoms with Crippen LogP contribution in [0.1, 0.15) is 31.2 Å². The van der Waals surface area contributed by atoms with Crippen LogP contribution in [-0.2, 0) is 29.0 Å². The Bertz CT molecular complexity index is 979. The third-order valence-corrected chi connectivity index (χ3v) is 4.65. The molecule has 1 heterocycles. The zero-order chi connectivity index (χ0) is 20.6. The molecular formula is C22H26N4O3. The number of unbranched alkanes of at least 4 members (excludes halogenated alkanes) is 1. The van der Waals surface area contributed by atoms with Crippen molar-refractivity contribution in [3.8, 4) is 5.75 Å². The number of hydrogen-bond donors (Lipinski definition) is 2. The largest absolute Gasteiger partial charge is 0.497 e. The molecule has 0 fully saturated rings. The van der Waals surface area contributed by atoms with Gasteiger partial charge in [0, 0.05) is 6.42 Å². The van der Waals surface area contributed by atoms with Crippen molar-refractivity contribution < 1.29 is 14.3 Å². The van der Waals surface area contributed by atoms with Crippen molar-refractivity contribution in [2.75, 3.05) is 7.11 Å². The van der Waals surface area contributed by atoms with Crippen LogP contribution in [0, 0.1) is 0 Å². The molecule has 0 aliphatic carbocycles. The van der Waals surface area contributed by atoms with Crippen molar-refractivity contribution in [2.45, 2.75) is 39.2 Å². The lowest BCUT2D eigenvalue weighted by Crippen LogP contribution is -2.44. The lowest BCUT2D eigenvalue weighted by atomic mass is 10.1. The van der Waals surface area contributed by atoms with Gasteiger partial charge in [-0.25, -0.2) is 4.98 Å². The maximum atomic E-state index is 12.4. The molecule has 7 nitrogen and oxygen atoms in total. The molecule has 29 heavy (non-hydrogen) atoms. The van der Waals surface area contributed by atoms with Gasteiger partial charge < -0.3 is 9.30 Å². The minimum atomic E-state index is -0.297. The number of hydrazine groups is 1. The molecule has 0 saturated carbocycles. The number of rotatable bonds is 8. The number of hydrogen-bond acceptors (Lipinski definition) is 4. The molecule has 1 aromatic heterocycles. The van der Waals surface area contributed by atoms with Gasteiger partial charge in [-0.15, -0.1) is 0 Å². The normalized spacial score (nSPS) is 10.7. The van der Waals surface area contributed by atoms with Crippen molar-refractivity contribution in [1.82, 2.24) is 20.4 Å². The van der Waals surface area contributed by atoms with Gasteiger partial charge in [0.05, 0.1) is 24.6 Å². The topological polar surface area (TPSA) is 85.3 Å². The Morgan fingerprint density at radius 3 is 2.48 bits per heavy atom. The summed E-state index contributed by atoms with van der Waals surface area (Å²) in [7, 11) is 1.59. The number of carbonyl (C=O) groups is 2. The summed E-state index contributed by atoms with van der Waals surface area (Å²) in [6.45, 7) is 2.22. The first kappa shape index (κ1) is 20.4. The number of nitrogens with zero attached hydrogens (tertiary/aromatic N) is 2.